The quantitative estimate of drug-likeness (QED) is 0.820. The molecule has 1 aromatic carbocycles. The molecule has 0 aliphatic carbocycles. The van der Waals surface area contributed by atoms with E-state index in [1.54, 1.807) is 6.07 Å². The lowest BCUT2D eigenvalue weighted by atomic mass is 10.1. The molecule has 1 saturated heterocycles. The first-order valence-electron chi connectivity index (χ1n) is 7.83. The summed E-state index contributed by atoms with van der Waals surface area (Å²) in [5.74, 6) is 0.887. The fourth-order valence-electron chi connectivity index (χ4n) is 2.87. The molecule has 0 spiro atoms. The topological polar surface area (TPSA) is 75.6 Å². The first-order valence-corrected chi connectivity index (χ1v) is 7.83. The largest absolute Gasteiger partial charge is 0.399 e. The number of aromatic nitrogens is 1. The van der Waals surface area contributed by atoms with E-state index in [4.69, 9.17) is 10.3 Å². The van der Waals surface area contributed by atoms with E-state index < -0.39 is 0 Å². The number of nitrogens with zero attached hydrogens (tertiary/aromatic N) is 3. The third-order valence-electron chi connectivity index (χ3n) is 4.21. The summed E-state index contributed by atoms with van der Waals surface area (Å²) in [6.07, 6.45) is 0. The van der Waals surface area contributed by atoms with Gasteiger partial charge in [0.15, 0.2) is 0 Å². The lowest BCUT2D eigenvalue weighted by Crippen LogP contribution is -2.48. The average Bonchev–Trinajstić information content (AvgIpc) is 2.95. The van der Waals surface area contributed by atoms with Crippen LogP contribution in [0.25, 0.3) is 0 Å². The van der Waals surface area contributed by atoms with Gasteiger partial charge in [-0.15, -0.1) is 24.8 Å². The third kappa shape index (κ3) is 5.11. The van der Waals surface area contributed by atoms with Gasteiger partial charge in [-0.3, -0.25) is 9.69 Å². The van der Waals surface area contributed by atoms with Gasteiger partial charge in [-0.1, -0.05) is 11.2 Å². The number of benzene rings is 1. The summed E-state index contributed by atoms with van der Waals surface area (Å²) in [7, 11) is 0. The predicted molar refractivity (Wildman–Crippen MR) is 103 cm³/mol. The van der Waals surface area contributed by atoms with Crippen molar-refractivity contribution in [1.82, 2.24) is 15.0 Å². The molecule has 1 amide bonds. The van der Waals surface area contributed by atoms with Crippen LogP contribution in [0, 0.1) is 13.8 Å². The third-order valence-corrected chi connectivity index (χ3v) is 4.21. The standard InChI is InChI=1S/C17H22N4O2.2ClH/c1-12-3-4-14(18)10-16(12)17(22)21-7-5-20(6-8-21)11-15-9-13(2)23-19-15;;/h3-4,9-10H,5-8,11,18H2,1-2H3;2*1H. The summed E-state index contributed by atoms with van der Waals surface area (Å²) >= 11 is 0. The van der Waals surface area contributed by atoms with Crippen molar-refractivity contribution in [3.05, 3.63) is 46.8 Å². The van der Waals surface area contributed by atoms with Crippen LogP contribution in [0.2, 0.25) is 0 Å². The number of piperazine rings is 1. The molecule has 3 rings (SSSR count). The van der Waals surface area contributed by atoms with Crippen LogP contribution in [0.1, 0.15) is 27.4 Å². The van der Waals surface area contributed by atoms with Gasteiger partial charge in [0.2, 0.25) is 0 Å². The highest BCUT2D eigenvalue weighted by Crippen LogP contribution is 2.17. The molecule has 1 aromatic heterocycles. The van der Waals surface area contributed by atoms with E-state index in [2.05, 4.69) is 10.1 Å². The van der Waals surface area contributed by atoms with Crippen molar-refractivity contribution < 1.29 is 9.32 Å². The van der Waals surface area contributed by atoms with Crippen molar-refractivity contribution >= 4 is 36.4 Å². The Kier molecular flexibility index (Phi) is 7.73. The van der Waals surface area contributed by atoms with Crippen molar-refractivity contribution in [1.29, 1.82) is 0 Å². The van der Waals surface area contributed by atoms with Gasteiger partial charge in [-0.2, -0.15) is 0 Å². The highest BCUT2D eigenvalue weighted by Gasteiger charge is 2.23. The van der Waals surface area contributed by atoms with Crippen LogP contribution in [0.3, 0.4) is 0 Å². The Balaban J connectivity index is 0.00000156. The maximum absolute atomic E-state index is 12.7. The summed E-state index contributed by atoms with van der Waals surface area (Å²) in [4.78, 5) is 16.8. The maximum atomic E-state index is 12.7. The molecule has 2 aromatic rings. The number of halogens is 2. The number of nitrogens with two attached hydrogens (primary N) is 1. The monoisotopic (exact) mass is 386 g/mol. The number of hydrogen-bond acceptors (Lipinski definition) is 5. The van der Waals surface area contributed by atoms with Gasteiger partial charge in [0.1, 0.15) is 5.76 Å². The van der Waals surface area contributed by atoms with Gasteiger partial charge < -0.3 is 15.2 Å². The molecule has 0 atom stereocenters. The lowest BCUT2D eigenvalue weighted by Gasteiger charge is -2.34. The van der Waals surface area contributed by atoms with Crippen LogP contribution in [0.4, 0.5) is 5.69 Å². The normalized spacial score (nSPS) is 14.6. The van der Waals surface area contributed by atoms with Gasteiger partial charge in [0.25, 0.3) is 5.91 Å². The van der Waals surface area contributed by atoms with Crippen molar-refractivity contribution in [2.24, 2.45) is 0 Å². The highest BCUT2D eigenvalue weighted by atomic mass is 35.5. The highest BCUT2D eigenvalue weighted by molar-refractivity contribution is 5.96. The Morgan fingerprint density at radius 2 is 1.84 bits per heavy atom. The van der Waals surface area contributed by atoms with Crippen LogP contribution in [0.15, 0.2) is 28.8 Å². The maximum Gasteiger partial charge on any atom is 0.254 e. The molecule has 2 N–H and O–H groups in total. The second-order valence-corrected chi connectivity index (χ2v) is 6.07. The average molecular weight is 387 g/mol. The molecular weight excluding hydrogens is 363 g/mol. The van der Waals surface area contributed by atoms with Crippen LogP contribution >= 0.6 is 24.8 Å². The molecule has 0 saturated carbocycles. The summed E-state index contributed by atoms with van der Waals surface area (Å²) in [5, 5.41) is 4.02. The minimum Gasteiger partial charge on any atom is -0.399 e. The minimum absolute atomic E-state index is 0. The Hall–Kier alpha value is -1.76. The predicted octanol–water partition coefficient (Wildman–Crippen LogP) is 2.68. The summed E-state index contributed by atoms with van der Waals surface area (Å²) in [6.45, 7) is 7.68. The molecule has 1 aliphatic rings. The van der Waals surface area contributed by atoms with Crippen molar-refractivity contribution in [2.75, 3.05) is 31.9 Å². The van der Waals surface area contributed by atoms with Crippen LogP contribution in [-0.2, 0) is 6.54 Å². The van der Waals surface area contributed by atoms with Crippen LogP contribution < -0.4 is 5.73 Å². The number of anilines is 1. The number of nitrogen functional groups attached to an aromatic ring is 1. The molecule has 0 radical (unpaired) electrons. The Morgan fingerprint density at radius 1 is 1.16 bits per heavy atom. The summed E-state index contributed by atoms with van der Waals surface area (Å²) in [6, 6.07) is 7.44. The van der Waals surface area contributed by atoms with E-state index in [0.29, 0.717) is 24.3 Å². The Labute approximate surface area is 160 Å². The number of hydrogen-bond donors (Lipinski definition) is 1. The molecule has 0 unspecified atom stereocenters. The fraction of sp³-hybridized carbons (Fsp3) is 0.412. The minimum atomic E-state index is 0. The lowest BCUT2D eigenvalue weighted by molar-refractivity contribution is 0.0625. The number of rotatable bonds is 3. The van der Waals surface area contributed by atoms with E-state index in [-0.39, 0.29) is 30.7 Å². The SMILES string of the molecule is Cc1cc(CN2CCN(C(=O)c3cc(N)ccc3C)CC2)no1.Cl.Cl. The van der Waals surface area contributed by atoms with Gasteiger partial charge in [0, 0.05) is 50.0 Å². The van der Waals surface area contributed by atoms with Gasteiger partial charge in [0.05, 0.1) is 5.69 Å². The molecule has 0 bridgehead atoms. The molecular formula is C17H24Cl2N4O2. The molecule has 8 heteroatoms. The number of carbonyl (C=O) groups excluding carboxylic acids is 1. The summed E-state index contributed by atoms with van der Waals surface area (Å²) in [5.41, 5.74) is 9.04. The van der Waals surface area contributed by atoms with Gasteiger partial charge in [-0.25, -0.2) is 0 Å². The first kappa shape index (κ1) is 21.3. The zero-order chi connectivity index (χ0) is 16.4. The van der Waals surface area contributed by atoms with Crippen molar-refractivity contribution in [2.45, 2.75) is 20.4 Å². The molecule has 25 heavy (non-hydrogen) atoms. The van der Waals surface area contributed by atoms with Crippen molar-refractivity contribution in [3.8, 4) is 0 Å². The second kappa shape index (κ2) is 9.08. The number of carbonyl (C=O) groups is 1. The van der Waals surface area contributed by atoms with Gasteiger partial charge in [-0.05, 0) is 31.5 Å². The molecule has 1 aliphatic heterocycles. The number of aryl methyl sites for hydroxylation is 2. The molecule has 1 fully saturated rings. The van der Waals surface area contributed by atoms with E-state index >= 15 is 0 Å². The number of amides is 1. The fourth-order valence-corrected chi connectivity index (χ4v) is 2.87. The smallest absolute Gasteiger partial charge is 0.254 e. The Bertz CT molecular complexity index is 712. The van der Waals surface area contributed by atoms with E-state index in [9.17, 15) is 4.79 Å². The van der Waals surface area contributed by atoms with E-state index in [1.165, 1.54) is 0 Å². The molecule has 2 heterocycles. The first-order chi connectivity index (χ1) is 11.0. The molecule has 6 nitrogen and oxygen atoms in total. The van der Waals surface area contributed by atoms with Gasteiger partial charge >= 0.3 is 0 Å². The van der Waals surface area contributed by atoms with E-state index in [1.807, 2.05) is 36.9 Å². The zero-order valence-electron chi connectivity index (χ0n) is 14.4. The second-order valence-electron chi connectivity index (χ2n) is 6.07. The van der Waals surface area contributed by atoms with Crippen LogP contribution in [-0.4, -0.2) is 47.0 Å². The Morgan fingerprint density at radius 3 is 2.44 bits per heavy atom. The van der Waals surface area contributed by atoms with E-state index in [0.717, 1.165) is 36.7 Å². The van der Waals surface area contributed by atoms with Crippen LogP contribution in [0.5, 0.6) is 0 Å². The molecule has 138 valence electrons. The summed E-state index contributed by atoms with van der Waals surface area (Å²) < 4.78 is 5.09. The van der Waals surface area contributed by atoms with Crippen molar-refractivity contribution in [3.63, 3.8) is 0 Å². The zero-order valence-corrected chi connectivity index (χ0v) is 16.0.